The Labute approximate surface area is 113 Å². The van der Waals surface area contributed by atoms with Crippen LogP contribution >= 0.6 is 23.1 Å². The van der Waals surface area contributed by atoms with Gasteiger partial charge < -0.3 is 5.32 Å². The topological polar surface area (TPSA) is 12.0 Å². The van der Waals surface area contributed by atoms with Gasteiger partial charge in [0.1, 0.15) is 0 Å². The summed E-state index contributed by atoms with van der Waals surface area (Å²) < 4.78 is 0. The van der Waals surface area contributed by atoms with Crippen molar-refractivity contribution in [2.24, 2.45) is 0 Å². The van der Waals surface area contributed by atoms with E-state index in [1.165, 1.54) is 23.5 Å². The lowest BCUT2D eigenvalue weighted by atomic mass is 9.90. The molecule has 2 unspecified atom stereocenters. The maximum atomic E-state index is 3.79. The smallest absolute Gasteiger partial charge is 0.0184 e. The van der Waals surface area contributed by atoms with Gasteiger partial charge in [0.15, 0.2) is 0 Å². The van der Waals surface area contributed by atoms with Gasteiger partial charge in [0.25, 0.3) is 0 Å². The predicted molar refractivity (Wildman–Crippen MR) is 80.3 cm³/mol. The number of rotatable bonds is 4. The zero-order valence-electron chi connectivity index (χ0n) is 11.0. The van der Waals surface area contributed by atoms with Crippen molar-refractivity contribution in [2.75, 3.05) is 12.3 Å². The Morgan fingerprint density at radius 3 is 2.94 bits per heavy atom. The lowest BCUT2D eigenvalue weighted by Crippen LogP contribution is -2.44. The summed E-state index contributed by atoms with van der Waals surface area (Å²) in [4.78, 5) is 1.49. The fourth-order valence-corrected chi connectivity index (χ4v) is 4.35. The fraction of sp³-hybridized carbons (Fsp3) is 0.714. The minimum atomic E-state index is 0.260. The Hall–Kier alpha value is 0.01000. The lowest BCUT2D eigenvalue weighted by molar-refractivity contribution is 0.397. The maximum Gasteiger partial charge on any atom is 0.0184 e. The molecule has 17 heavy (non-hydrogen) atoms. The van der Waals surface area contributed by atoms with E-state index in [9.17, 15) is 0 Å². The molecule has 1 N–H and O–H groups in total. The molecule has 0 bridgehead atoms. The van der Waals surface area contributed by atoms with Crippen molar-refractivity contribution < 1.29 is 0 Å². The molecule has 0 aromatic carbocycles. The van der Waals surface area contributed by atoms with E-state index in [0.29, 0.717) is 6.04 Å². The average Bonchev–Trinajstić information content (AvgIpc) is 2.82. The summed E-state index contributed by atoms with van der Waals surface area (Å²) in [6.45, 7) is 8.13. The van der Waals surface area contributed by atoms with Gasteiger partial charge in [0, 0.05) is 28.1 Å². The summed E-state index contributed by atoms with van der Waals surface area (Å²) in [5.74, 6) is 1.34. The van der Waals surface area contributed by atoms with E-state index in [0.717, 1.165) is 11.8 Å². The highest BCUT2D eigenvalue weighted by Gasteiger charge is 2.26. The first-order valence-corrected chi connectivity index (χ1v) is 8.41. The molecule has 0 saturated carbocycles. The van der Waals surface area contributed by atoms with E-state index < -0.39 is 0 Å². The molecule has 1 saturated heterocycles. The molecule has 0 radical (unpaired) electrons. The first-order valence-electron chi connectivity index (χ1n) is 6.48. The predicted octanol–water partition coefficient (Wildman–Crippen LogP) is 3.90. The zero-order chi connectivity index (χ0) is 12.3. The third-order valence-corrected chi connectivity index (χ3v) is 6.22. The van der Waals surface area contributed by atoms with Crippen molar-refractivity contribution in [1.82, 2.24) is 5.32 Å². The number of hydrogen-bond donors (Lipinski definition) is 1. The van der Waals surface area contributed by atoms with Gasteiger partial charge in [-0.1, -0.05) is 26.8 Å². The van der Waals surface area contributed by atoms with Gasteiger partial charge in [0.2, 0.25) is 0 Å². The fourth-order valence-electron chi connectivity index (χ4n) is 2.33. The van der Waals surface area contributed by atoms with Crippen LogP contribution in [0.25, 0.3) is 0 Å². The quantitative estimate of drug-likeness (QED) is 0.889. The van der Waals surface area contributed by atoms with Crippen LogP contribution in [0, 0.1) is 0 Å². The second kappa shape index (κ2) is 5.77. The molecule has 2 atom stereocenters. The molecule has 1 aromatic rings. The summed E-state index contributed by atoms with van der Waals surface area (Å²) in [7, 11) is 0. The van der Waals surface area contributed by atoms with E-state index in [1.54, 1.807) is 0 Å². The summed E-state index contributed by atoms with van der Waals surface area (Å²) >= 11 is 3.99. The second-order valence-electron chi connectivity index (χ2n) is 5.57. The van der Waals surface area contributed by atoms with Gasteiger partial charge in [-0.05, 0) is 30.0 Å². The number of thioether (sulfide) groups is 1. The minimum absolute atomic E-state index is 0.260. The molecule has 2 heterocycles. The summed E-state index contributed by atoms with van der Waals surface area (Å²) in [5, 5.41) is 6.73. The van der Waals surface area contributed by atoms with E-state index >= 15 is 0 Å². The molecule has 96 valence electrons. The van der Waals surface area contributed by atoms with E-state index in [1.807, 2.05) is 11.3 Å². The van der Waals surface area contributed by atoms with Crippen LogP contribution < -0.4 is 5.32 Å². The van der Waals surface area contributed by atoms with Crippen molar-refractivity contribution >= 4 is 23.1 Å². The highest BCUT2D eigenvalue weighted by Crippen LogP contribution is 2.29. The van der Waals surface area contributed by atoms with Crippen LogP contribution in [-0.2, 0) is 5.41 Å². The van der Waals surface area contributed by atoms with Crippen LogP contribution in [0.2, 0.25) is 0 Å². The Morgan fingerprint density at radius 1 is 1.47 bits per heavy atom. The molecule has 0 aliphatic carbocycles. The van der Waals surface area contributed by atoms with Gasteiger partial charge in [-0.2, -0.15) is 11.8 Å². The van der Waals surface area contributed by atoms with Gasteiger partial charge in [0.05, 0.1) is 0 Å². The van der Waals surface area contributed by atoms with Gasteiger partial charge in [-0.3, -0.25) is 0 Å². The van der Waals surface area contributed by atoms with Crippen LogP contribution in [0.4, 0.5) is 0 Å². The average molecular weight is 269 g/mol. The molecule has 1 aliphatic heterocycles. The molecule has 2 rings (SSSR count). The lowest BCUT2D eigenvalue weighted by Gasteiger charge is -2.33. The van der Waals surface area contributed by atoms with Crippen molar-refractivity contribution in [3.63, 3.8) is 0 Å². The zero-order valence-corrected chi connectivity index (χ0v) is 12.7. The largest absolute Gasteiger partial charge is 0.312 e. The van der Waals surface area contributed by atoms with Crippen LogP contribution in [0.1, 0.15) is 38.5 Å². The van der Waals surface area contributed by atoms with Crippen molar-refractivity contribution in [1.29, 1.82) is 0 Å². The first kappa shape index (κ1) is 13.4. The van der Waals surface area contributed by atoms with Crippen molar-refractivity contribution in [3.8, 4) is 0 Å². The van der Waals surface area contributed by atoms with Gasteiger partial charge >= 0.3 is 0 Å². The number of thiophene rings is 1. The summed E-state index contributed by atoms with van der Waals surface area (Å²) in [5.41, 5.74) is 0.260. The van der Waals surface area contributed by atoms with Gasteiger partial charge in [-0.15, -0.1) is 11.3 Å². The molecule has 1 nitrogen and oxygen atoms in total. The summed E-state index contributed by atoms with van der Waals surface area (Å²) in [6.07, 6.45) is 2.71. The van der Waals surface area contributed by atoms with Gasteiger partial charge in [-0.25, -0.2) is 0 Å². The van der Waals surface area contributed by atoms with Crippen LogP contribution in [0.5, 0.6) is 0 Å². The molecule has 0 spiro atoms. The number of hydrogen-bond acceptors (Lipinski definition) is 3. The standard InChI is InChI=1S/C14H23NS2/c1-11-12(6-4-8-16-11)15-10-14(2,3)13-7-5-9-17-13/h5,7,9,11-12,15H,4,6,8,10H2,1-3H3. The first-order chi connectivity index (χ1) is 8.09. The van der Waals surface area contributed by atoms with Crippen LogP contribution in [0.15, 0.2) is 17.5 Å². The Balaban J connectivity index is 1.88. The summed E-state index contributed by atoms with van der Waals surface area (Å²) in [6, 6.07) is 5.11. The Kier molecular flexibility index (Phi) is 4.56. The van der Waals surface area contributed by atoms with Crippen molar-refractivity contribution in [2.45, 2.75) is 50.3 Å². The maximum absolute atomic E-state index is 3.79. The molecule has 0 amide bonds. The molecule has 1 fully saturated rings. The highest BCUT2D eigenvalue weighted by atomic mass is 32.2. The molecule has 1 aliphatic rings. The Bertz CT molecular complexity index is 332. The third-order valence-electron chi connectivity index (χ3n) is 3.60. The highest BCUT2D eigenvalue weighted by molar-refractivity contribution is 7.99. The van der Waals surface area contributed by atoms with E-state index in [4.69, 9.17) is 0 Å². The van der Waals surface area contributed by atoms with Crippen LogP contribution in [0.3, 0.4) is 0 Å². The van der Waals surface area contributed by atoms with Crippen LogP contribution in [-0.4, -0.2) is 23.6 Å². The Morgan fingerprint density at radius 2 is 2.29 bits per heavy atom. The second-order valence-corrected chi connectivity index (χ2v) is 8.00. The normalized spacial score (nSPS) is 26.1. The number of nitrogens with one attached hydrogen (secondary N) is 1. The molecule has 3 heteroatoms. The van der Waals surface area contributed by atoms with Crippen molar-refractivity contribution in [3.05, 3.63) is 22.4 Å². The minimum Gasteiger partial charge on any atom is -0.312 e. The van der Waals surface area contributed by atoms with E-state index in [2.05, 4.69) is 55.4 Å². The van der Waals surface area contributed by atoms with E-state index in [-0.39, 0.29) is 5.41 Å². The molecular formula is C14H23NS2. The SMILES string of the molecule is CC1SCCCC1NCC(C)(C)c1cccs1. The molecular weight excluding hydrogens is 246 g/mol. The molecule has 1 aromatic heterocycles. The monoisotopic (exact) mass is 269 g/mol. The third kappa shape index (κ3) is 3.49.